The summed E-state index contributed by atoms with van der Waals surface area (Å²) in [4.78, 5) is 0. The molecule has 1 aromatic carbocycles. The molecule has 1 saturated carbocycles. The lowest BCUT2D eigenvalue weighted by molar-refractivity contribution is 0.180. The third-order valence-corrected chi connectivity index (χ3v) is 4.19. The maximum Gasteiger partial charge on any atom is 0.136 e. The number of nitrogens with two attached hydrogens (primary N) is 1. The molecule has 0 radical (unpaired) electrons. The minimum Gasteiger partial charge on any atom is -0.496 e. The summed E-state index contributed by atoms with van der Waals surface area (Å²) < 4.78 is 25.2. The van der Waals surface area contributed by atoms with Gasteiger partial charge in [-0.2, -0.15) is 0 Å². The largest absolute Gasteiger partial charge is 0.496 e. The van der Waals surface area contributed by atoms with Crippen LogP contribution in [0.1, 0.15) is 36.8 Å². The molecule has 0 saturated heterocycles. The van der Waals surface area contributed by atoms with Crippen LogP contribution in [0.5, 0.6) is 5.75 Å². The summed E-state index contributed by atoms with van der Waals surface area (Å²) in [5, 5.41) is 0. The molecule has 4 heteroatoms. The van der Waals surface area contributed by atoms with E-state index in [1.807, 2.05) is 6.07 Å². The van der Waals surface area contributed by atoms with Crippen molar-refractivity contribution in [3.8, 4) is 5.75 Å². The first kappa shape index (κ1) is 14.3. The predicted octanol–water partition coefficient (Wildman–Crippen LogP) is 2.75. The molecule has 1 aromatic rings. The SMILES string of the molecule is COCc1ccc(OC)c(C2(CN)CCCC2)c1F. The molecule has 0 atom stereocenters. The number of hydrogen-bond acceptors (Lipinski definition) is 3. The molecule has 0 heterocycles. The third-order valence-electron chi connectivity index (χ3n) is 4.19. The van der Waals surface area contributed by atoms with Crippen LogP contribution in [0, 0.1) is 5.82 Å². The molecule has 2 N–H and O–H groups in total. The van der Waals surface area contributed by atoms with Gasteiger partial charge in [0.15, 0.2) is 0 Å². The van der Waals surface area contributed by atoms with Crippen LogP contribution >= 0.6 is 0 Å². The molecule has 0 aliphatic heterocycles. The van der Waals surface area contributed by atoms with E-state index in [1.54, 1.807) is 20.3 Å². The molecule has 3 nitrogen and oxygen atoms in total. The number of halogens is 1. The molecule has 2 rings (SSSR count). The van der Waals surface area contributed by atoms with E-state index >= 15 is 0 Å². The van der Waals surface area contributed by atoms with E-state index in [9.17, 15) is 4.39 Å². The molecule has 0 bridgehead atoms. The van der Waals surface area contributed by atoms with Crippen LogP contribution in [-0.4, -0.2) is 20.8 Å². The Bertz CT molecular complexity index is 442. The van der Waals surface area contributed by atoms with Gasteiger partial charge in [0.25, 0.3) is 0 Å². The standard InChI is InChI=1S/C15H22FNO2/c1-18-9-11-5-6-12(19-2)13(14(11)16)15(10-17)7-3-4-8-15/h5-6H,3-4,7-10,17H2,1-2H3. The molecule has 0 unspecified atom stereocenters. The predicted molar refractivity (Wildman–Crippen MR) is 72.9 cm³/mol. The van der Waals surface area contributed by atoms with E-state index in [2.05, 4.69) is 0 Å². The normalized spacial score (nSPS) is 17.7. The first-order valence-corrected chi connectivity index (χ1v) is 6.73. The summed E-state index contributed by atoms with van der Waals surface area (Å²) in [5.74, 6) is 0.387. The van der Waals surface area contributed by atoms with Crippen molar-refractivity contribution in [1.82, 2.24) is 0 Å². The van der Waals surface area contributed by atoms with Crippen LogP contribution in [0.15, 0.2) is 12.1 Å². The molecule has 0 aromatic heterocycles. The molecular weight excluding hydrogens is 245 g/mol. The summed E-state index contributed by atoms with van der Waals surface area (Å²) in [5.41, 5.74) is 6.90. The van der Waals surface area contributed by atoms with Gasteiger partial charge in [-0.15, -0.1) is 0 Å². The Morgan fingerprint density at radius 3 is 2.47 bits per heavy atom. The second-order valence-corrected chi connectivity index (χ2v) is 5.24. The van der Waals surface area contributed by atoms with Crippen LogP contribution in [0.4, 0.5) is 4.39 Å². The molecule has 19 heavy (non-hydrogen) atoms. The number of rotatable bonds is 5. The van der Waals surface area contributed by atoms with E-state index in [0.717, 1.165) is 25.7 Å². The fraction of sp³-hybridized carbons (Fsp3) is 0.600. The second-order valence-electron chi connectivity index (χ2n) is 5.24. The number of hydrogen-bond donors (Lipinski definition) is 1. The van der Waals surface area contributed by atoms with Crippen molar-refractivity contribution in [3.05, 3.63) is 29.1 Å². The minimum absolute atomic E-state index is 0.214. The number of methoxy groups -OCH3 is 2. The van der Waals surface area contributed by atoms with Crippen molar-refractivity contribution < 1.29 is 13.9 Å². The summed E-state index contributed by atoms with van der Waals surface area (Å²) in [6, 6.07) is 3.54. The van der Waals surface area contributed by atoms with Gasteiger partial charge in [0.05, 0.1) is 13.7 Å². The Morgan fingerprint density at radius 1 is 1.26 bits per heavy atom. The second kappa shape index (κ2) is 5.88. The quantitative estimate of drug-likeness (QED) is 0.892. The van der Waals surface area contributed by atoms with Crippen LogP contribution < -0.4 is 10.5 Å². The number of ether oxygens (including phenoxy) is 2. The lowest BCUT2D eigenvalue weighted by atomic mass is 9.77. The zero-order valence-electron chi connectivity index (χ0n) is 11.7. The molecule has 106 valence electrons. The van der Waals surface area contributed by atoms with Crippen molar-refractivity contribution in [1.29, 1.82) is 0 Å². The van der Waals surface area contributed by atoms with Crippen LogP contribution in [-0.2, 0) is 16.8 Å². The summed E-state index contributed by atoms with van der Waals surface area (Å²) in [7, 11) is 3.14. The zero-order chi connectivity index (χ0) is 13.9. The van der Waals surface area contributed by atoms with Gasteiger partial charge in [-0.3, -0.25) is 0 Å². The third kappa shape index (κ3) is 2.47. The van der Waals surface area contributed by atoms with Crippen LogP contribution in [0.2, 0.25) is 0 Å². The van der Waals surface area contributed by atoms with Crippen molar-refractivity contribution in [2.45, 2.75) is 37.7 Å². The van der Waals surface area contributed by atoms with Gasteiger partial charge in [-0.1, -0.05) is 18.9 Å². The highest BCUT2D eigenvalue weighted by Crippen LogP contribution is 2.45. The van der Waals surface area contributed by atoms with E-state index in [1.165, 1.54) is 0 Å². The van der Waals surface area contributed by atoms with Gasteiger partial charge < -0.3 is 15.2 Å². The van der Waals surface area contributed by atoms with E-state index in [4.69, 9.17) is 15.2 Å². The Morgan fingerprint density at radius 2 is 1.95 bits per heavy atom. The van der Waals surface area contributed by atoms with Crippen molar-refractivity contribution >= 4 is 0 Å². The summed E-state index contributed by atoms with van der Waals surface area (Å²) >= 11 is 0. The minimum atomic E-state index is -0.279. The molecule has 1 aliphatic carbocycles. The number of benzene rings is 1. The first-order chi connectivity index (χ1) is 9.18. The molecule has 0 spiro atoms. The van der Waals surface area contributed by atoms with E-state index < -0.39 is 0 Å². The maximum atomic E-state index is 14.8. The van der Waals surface area contributed by atoms with E-state index in [-0.39, 0.29) is 17.8 Å². The van der Waals surface area contributed by atoms with E-state index in [0.29, 0.717) is 23.4 Å². The average molecular weight is 267 g/mol. The van der Waals surface area contributed by atoms with Gasteiger partial charge >= 0.3 is 0 Å². The summed E-state index contributed by atoms with van der Waals surface area (Å²) in [6.07, 6.45) is 4.03. The Labute approximate surface area is 113 Å². The smallest absolute Gasteiger partial charge is 0.136 e. The molecule has 1 aliphatic rings. The van der Waals surface area contributed by atoms with Gasteiger partial charge in [0.1, 0.15) is 11.6 Å². The highest BCUT2D eigenvalue weighted by atomic mass is 19.1. The molecule has 1 fully saturated rings. The lowest BCUT2D eigenvalue weighted by Gasteiger charge is -2.30. The fourth-order valence-electron chi connectivity index (χ4n) is 3.14. The summed E-state index contributed by atoms with van der Waals surface area (Å²) in [6.45, 7) is 0.722. The Kier molecular flexibility index (Phi) is 4.42. The van der Waals surface area contributed by atoms with Gasteiger partial charge in [-0.25, -0.2) is 4.39 Å². The van der Waals surface area contributed by atoms with Crippen LogP contribution in [0.3, 0.4) is 0 Å². The van der Waals surface area contributed by atoms with Crippen LogP contribution in [0.25, 0.3) is 0 Å². The van der Waals surface area contributed by atoms with Crippen molar-refractivity contribution in [2.75, 3.05) is 20.8 Å². The van der Waals surface area contributed by atoms with Gasteiger partial charge in [0.2, 0.25) is 0 Å². The Balaban J connectivity index is 2.55. The Hall–Kier alpha value is -1.13. The zero-order valence-corrected chi connectivity index (χ0v) is 11.7. The average Bonchev–Trinajstić information content (AvgIpc) is 2.90. The maximum absolute atomic E-state index is 14.8. The monoisotopic (exact) mass is 267 g/mol. The van der Waals surface area contributed by atoms with Crippen molar-refractivity contribution in [3.63, 3.8) is 0 Å². The topological polar surface area (TPSA) is 44.5 Å². The van der Waals surface area contributed by atoms with Gasteiger partial charge in [-0.05, 0) is 18.9 Å². The highest BCUT2D eigenvalue weighted by Gasteiger charge is 2.39. The van der Waals surface area contributed by atoms with Crippen molar-refractivity contribution in [2.24, 2.45) is 5.73 Å². The van der Waals surface area contributed by atoms with Gasteiger partial charge in [0, 0.05) is 30.2 Å². The fourth-order valence-corrected chi connectivity index (χ4v) is 3.14. The molecular formula is C15H22FNO2. The molecule has 0 amide bonds. The lowest BCUT2D eigenvalue weighted by Crippen LogP contribution is -2.34. The first-order valence-electron chi connectivity index (χ1n) is 6.73. The highest BCUT2D eigenvalue weighted by molar-refractivity contribution is 5.45.